The van der Waals surface area contributed by atoms with Crippen LogP contribution in [0, 0.1) is 0 Å². The van der Waals surface area contributed by atoms with Crippen LogP contribution in [0.4, 0.5) is 0 Å². The summed E-state index contributed by atoms with van der Waals surface area (Å²) in [5.41, 5.74) is 0. The topological polar surface area (TPSA) is 124 Å². The summed E-state index contributed by atoms with van der Waals surface area (Å²) in [6.07, 6.45) is 26.1. The van der Waals surface area contributed by atoms with Crippen LogP contribution in [0.2, 0.25) is 0 Å². The van der Waals surface area contributed by atoms with Crippen molar-refractivity contribution in [3.8, 4) is 0 Å². The van der Waals surface area contributed by atoms with E-state index in [1.54, 1.807) is 6.08 Å². The third-order valence-electron chi connectivity index (χ3n) is 7.32. The summed E-state index contributed by atoms with van der Waals surface area (Å²) in [6, 6.07) is -1.22. The molecule has 7 nitrogen and oxygen atoms in total. The van der Waals surface area contributed by atoms with Gasteiger partial charge in [0, 0.05) is 0 Å². The molecule has 0 bridgehead atoms. The van der Waals surface area contributed by atoms with Crippen molar-refractivity contribution >= 4 is 16.0 Å². The van der Waals surface area contributed by atoms with Crippen LogP contribution in [0.5, 0.6) is 0 Å². The smallest absolute Gasteiger partial charge is 0.267 e. The maximum Gasteiger partial charge on any atom is 0.267 e. The number of nitrogens with one attached hydrogen (secondary N) is 1. The van der Waals surface area contributed by atoms with Gasteiger partial charge in [-0.05, 0) is 19.3 Å². The maximum absolute atomic E-state index is 12.4. The molecule has 0 saturated carbocycles. The lowest BCUT2D eigenvalue weighted by molar-refractivity contribution is -0.130. The molecule has 8 heteroatoms. The Morgan fingerprint density at radius 1 is 0.692 bits per heavy atom. The van der Waals surface area contributed by atoms with Crippen LogP contribution in [-0.4, -0.2) is 53.1 Å². The van der Waals surface area contributed by atoms with E-state index in [9.17, 15) is 28.0 Å². The molecule has 0 aromatic carbocycles. The van der Waals surface area contributed by atoms with Gasteiger partial charge in [-0.2, -0.15) is 8.42 Å². The molecule has 0 aliphatic rings. The minimum absolute atomic E-state index is 0.284. The Hall–Kier alpha value is -0.960. The molecular weight excluding hydrogens is 514 g/mol. The zero-order chi connectivity index (χ0) is 29.2. The number of unbranched alkanes of at least 4 members (excludes halogenated alkanes) is 19. The first kappa shape index (κ1) is 38.0. The van der Waals surface area contributed by atoms with Gasteiger partial charge < -0.3 is 15.5 Å². The average Bonchev–Trinajstić information content (AvgIpc) is 2.88. The molecule has 0 spiro atoms. The SMILES string of the molecule is CCCCC/C=C/C(O)C(CS(=O)(=O)O)NC(=O)C(O)CCCCCCCCCCCCCCCCCCC. The molecule has 39 heavy (non-hydrogen) atoms. The van der Waals surface area contributed by atoms with E-state index in [0.717, 1.165) is 44.9 Å². The molecule has 4 N–H and O–H groups in total. The zero-order valence-electron chi connectivity index (χ0n) is 25.1. The summed E-state index contributed by atoms with van der Waals surface area (Å²) >= 11 is 0. The van der Waals surface area contributed by atoms with Crippen molar-refractivity contribution in [1.82, 2.24) is 5.32 Å². The number of aliphatic hydroxyl groups is 2. The zero-order valence-corrected chi connectivity index (χ0v) is 25.9. The van der Waals surface area contributed by atoms with Crippen molar-refractivity contribution in [2.45, 2.75) is 173 Å². The van der Waals surface area contributed by atoms with Crippen molar-refractivity contribution < 1.29 is 28.0 Å². The van der Waals surface area contributed by atoms with E-state index in [1.807, 2.05) is 0 Å². The normalized spacial score (nSPS) is 14.5. The van der Waals surface area contributed by atoms with Gasteiger partial charge in [0.15, 0.2) is 0 Å². The van der Waals surface area contributed by atoms with E-state index >= 15 is 0 Å². The van der Waals surface area contributed by atoms with E-state index in [1.165, 1.54) is 89.5 Å². The molecule has 0 heterocycles. The lowest BCUT2D eigenvalue weighted by Gasteiger charge is -2.22. The molecule has 0 aliphatic carbocycles. The lowest BCUT2D eigenvalue weighted by Crippen LogP contribution is -2.50. The molecule has 0 radical (unpaired) electrons. The molecule has 0 aromatic heterocycles. The number of amides is 1. The molecule has 3 unspecified atom stereocenters. The Kier molecular flexibility index (Phi) is 25.3. The first-order valence-corrected chi connectivity index (χ1v) is 17.6. The fraction of sp³-hybridized carbons (Fsp3) is 0.903. The molecule has 232 valence electrons. The van der Waals surface area contributed by atoms with Gasteiger partial charge in [-0.1, -0.05) is 148 Å². The van der Waals surface area contributed by atoms with E-state index in [-0.39, 0.29) is 6.42 Å². The Morgan fingerprint density at radius 3 is 1.54 bits per heavy atom. The summed E-state index contributed by atoms with van der Waals surface area (Å²) in [5.74, 6) is -1.54. The van der Waals surface area contributed by atoms with Crippen molar-refractivity contribution in [2.24, 2.45) is 0 Å². The van der Waals surface area contributed by atoms with Crippen molar-refractivity contribution in [3.63, 3.8) is 0 Å². The van der Waals surface area contributed by atoms with Crippen molar-refractivity contribution in [2.75, 3.05) is 5.75 Å². The molecule has 0 rings (SSSR count). The summed E-state index contributed by atoms with van der Waals surface area (Å²) in [7, 11) is -4.41. The Labute approximate surface area is 240 Å². The van der Waals surface area contributed by atoms with Crippen LogP contribution in [-0.2, 0) is 14.9 Å². The van der Waals surface area contributed by atoms with Crippen LogP contribution < -0.4 is 5.32 Å². The maximum atomic E-state index is 12.4. The summed E-state index contributed by atoms with van der Waals surface area (Å²) < 4.78 is 31.9. The van der Waals surface area contributed by atoms with E-state index in [0.29, 0.717) is 6.42 Å². The first-order valence-electron chi connectivity index (χ1n) is 16.0. The Balaban J connectivity index is 3.94. The van der Waals surface area contributed by atoms with Crippen LogP contribution >= 0.6 is 0 Å². The van der Waals surface area contributed by atoms with Crippen LogP contribution in [0.3, 0.4) is 0 Å². The van der Waals surface area contributed by atoms with Gasteiger partial charge in [0.1, 0.15) is 6.10 Å². The summed E-state index contributed by atoms with van der Waals surface area (Å²) in [5, 5.41) is 23.0. The van der Waals surface area contributed by atoms with Gasteiger partial charge in [-0.15, -0.1) is 0 Å². The fourth-order valence-electron chi connectivity index (χ4n) is 4.81. The van der Waals surface area contributed by atoms with Gasteiger partial charge in [-0.3, -0.25) is 9.35 Å². The molecule has 1 amide bonds. The summed E-state index contributed by atoms with van der Waals surface area (Å²) in [6.45, 7) is 4.34. The highest BCUT2D eigenvalue weighted by Gasteiger charge is 2.27. The highest BCUT2D eigenvalue weighted by atomic mass is 32.2. The molecule has 0 aliphatic heterocycles. The molecule has 0 fully saturated rings. The van der Waals surface area contributed by atoms with E-state index in [2.05, 4.69) is 19.2 Å². The third-order valence-corrected chi connectivity index (χ3v) is 8.10. The van der Waals surface area contributed by atoms with Crippen molar-refractivity contribution in [3.05, 3.63) is 12.2 Å². The molecule has 0 saturated heterocycles. The number of aliphatic hydroxyl groups excluding tert-OH is 2. The third kappa shape index (κ3) is 25.7. The van der Waals surface area contributed by atoms with Crippen molar-refractivity contribution in [1.29, 1.82) is 0 Å². The molecular formula is C31H61NO6S. The van der Waals surface area contributed by atoms with Crippen LogP contribution in [0.1, 0.15) is 155 Å². The minimum atomic E-state index is -4.41. The Bertz CT molecular complexity index is 697. The number of carbonyl (C=O) groups excluding carboxylic acids is 1. The standard InChI is InChI=1S/C31H61NO6S/c1-3-5-7-9-10-11-12-13-14-15-16-17-18-19-20-22-24-26-30(34)31(35)32-28(27-39(36,37)38)29(33)25-23-21-8-6-4-2/h23,25,28-30,33-34H,3-22,24,26-27H2,1-2H3,(H,32,35)(H,36,37,38)/b25-23+. The van der Waals surface area contributed by atoms with Gasteiger partial charge in [0.05, 0.1) is 17.9 Å². The van der Waals surface area contributed by atoms with Gasteiger partial charge in [0.2, 0.25) is 5.91 Å². The molecule has 3 atom stereocenters. The average molecular weight is 576 g/mol. The highest BCUT2D eigenvalue weighted by molar-refractivity contribution is 7.85. The predicted octanol–water partition coefficient (Wildman–Crippen LogP) is 7.26. The molecule has 0 aromatic rings. The van der Waals surface area contributed by atoms with Crippen LogP contribution in [0.15, 0.2) is 12.2 Å². The minimum Gasteiger partial charge on any atom is -0.387 e. The predicted molar refractivity (Wildman–Crippen MR) is 162 cm³/mol. The van der Waals surface area contributed by atoms with Gasteiger partial charge in [0.25, 0.3) is 10.1 Å². The largest absolute Gasteiger partial charge is 0.387 e. The second-order valence-corrected chi connectivity index (χ2v) is 12.7. The van der Waals surface area contributed by atoms with E-state index < -0.39 is 40.0 Å². The van der Waals surface area contributed by atoms with Crippen LogP contribution in [0.25, 0.3) is 0 Å². The number of allylic oxidation sites excluding steroid dienone is 1. The van der Waals surface area contributed by atoms with Gasteiger partial charge >= 0.3 is 0 Å². The second kappa shape index (κ2) is 26.0. The Morgan fingerprint density at radius 2 is 1.10 bits per heavy atom. The number of carbonyl (C=O) groups is 1. The quantitative estimate of drug-likeness (QED) is 0.0442. The number of hydrogen-bond donors (Lipinski definition) is 4. The lowest BCUT2D eigenvalue weighted by atomic mass is 10.0. The van der Waals surface area contributed by atoms with Gasteiger partial charge in [-0.25, -0.2) is 0 Å². The summed E-state index contributed by atoms with van der Waals surface area (Å²) in [4.78, 5) is 12.4. The highest BCUT2D eigenvalue weighted by Crippen LogP contribution is 2.15. The monoisotopic (exact) mass is 575 g/mol. The fourth-order valence-corrected chi connectivity index (χ4v) is 5.54. The second-order valence-electron chi connectivity index (χ2n) is 11.2. The van der Waals surface area contributed by atoms with E-state index in [4.69, 9.17) is 0 Å². The number of hydrogen-bond acceptors (Lipinski definition) is 5. The first-order chi connectivity index (χ1) is 18.7. The number of rotatable bonds is 28.